The van der Waals surface area contributed by atoms with Gasteiger partial charge >= 0.3 is 11.7 Å². The monoisotopic (exact) mass is 396 g/mol. The molecule has 0 spiro atoms. The van der Waals surface area contributed by atoms with Crippen molar-refractivity contribution in [3.05, 3.63) is 70.8 Å². The van der Waals surface area contributed by atoms with Crippen LogP contribution < -0.4 is 10.4 Å². The molecule has 0 atom stereocenters. The fourth-order valence-corrected chi connectivity index (χ4v) is 3.02. The second-order valence-corrected chi connectivity index (χ2v) is 6.24. The molecule has 3 rings (SSSR count). The van der Waals surface area contributed by atoms with Gasteiger partial charge in [-0.2, -0.15) is 0 Å². The number of para-hydroxylation sites is 2. The number of methoxy groups -OCH3 is 1. The lowest BCUT2D eigenvalue weighted by atomic mass is 10.1. The van der Waals surface area contributed by atoms with Gasteiger partial charge in [-0.15, -0.1) is 0 Å². The molecule has 29 heavy (non-hydrogen) atoms. The van der Waals surface area contributed by atoms with E-state index in [1.54, 1.807) is 32.2 Å². The van der Waals surface area contributed by atoms with Crippen LogP contribution in [0.3, 0.4) is 0 Å². The Hall–Kier alpha value is -3.32. The summed E-state index contributed by atoms with van der Waals surface area (Å²) in [6.45, 7) is 2.91. The lowest BCUT2D eigenvalue weighted by molar-refractivity contribution is 0.0517. The van der Waals surface area contributed by atoms with Gasteiger partial charge in [0.1, 0.15) is 5.75 Å². The van der Waals surface area contributed by atoms with Crippen LogP contribution >= 0.6 is 0 Å². The zero-order valence-electron chi connectivity index (χ0n) is 16.5. The minimum absolute atomic E-state index is 0.135. The van der Waals surface area contributed by atoms with E-state index < -0.39 is 11.7 Å². The topological polar surface area (TPSA) is 82.6 Å². The maximum absolute atomic E-state index is 12.9. The fraction of sp³-hybridized carbons (Fsp3) is 0.273. The lowest BCUT2D eigenvalue weighted by Crippen LogP contribution is -2.21. The summed E-state index contributed by atoms with van der Waals surface area (Å²) < 4.78 is 17.4. The molecule has 0 fully saturated rings. The van der Waals surface area contributed by atoms with Crippen LogP contribution in [0.4, 0.5) is 0 Å². The van der Waals surface area contributed by atoms with Gasteiger partial charge in [0, 0.05) is 25.7 Å². The molecule has 7 heteroatoms. The van der Waals surface area contributed by atoms with Crippen molar-refractivity contribution < 1.29 is 19.0 Å². The normalized spacial score (nSPS) is 10.7. The molecule has 1 aromatic heterocycles. The maximum atomic E-state index is 12.9. The van der Waals surface area contributed by atoms with Crippen LogP contribution in [-0.4, -0.2) is 42.5 Å². The molecule has 7 nitrogen and oxygen atoms in total. The van der Waals surface area contributed by atoms with Gasteiger partial charge in [-0.1, -0.05) is 42.5 Å². The van der Waals surface area contributed by atoms with E-state index in [9.17, 15) is 9.59 Å². The van der Waals surface area contributed by atoms with Crippen molar-refractivity contribution in [3.8, 4) is 22.7 Å². The molecule has 152 valence electrons. The molecule has 0 amide bonds. The van der Waals surface area contributed by atoms with Crippen LogP contribution in [0.25, 0.3) is 16.9 Å². The summed E-state index contributed by atoms with van der Waals surface area (Å²) in [5.41, 5.74) is 1.28. The third kappa shape index (κ3) is 4.57. The van der Waals surface area contributed by atoms with Crippen LogP contribution in [0.1, 0.15) is 23.8 Å². The molecular formula is C22H24N2O5. The Balaban J connectivity index is 2.12. The number of aromatic amines is 1. The first-order chi connectivity index (χ1) is 14.2. The van der Waals surface area contributed by atoms with Crippen LogP contribution in [0.15, 0.2) is 59.4 Å². The van der Waals surface area contributed by atoms with Crippen LogP contribution in [0.5, 0.6) is 5.75 Å². The van der Waals surface area contributed by atoms with Gasteiger partial charge in [0.15, 0.2) is 5.69 Å². The van der Waals surface area contributed by atoms with E-state index >= 15 is 0 Å². The number of ether oxygens (including phenoxy) is 3. The summed E-state index contributed by atoms with van der Waals surface area (Å²) in [5, 5.41) is 0. The van der Waals surface area contributed by atoms with E-state index in [0.29, 0.717) is 42.3 Å². The number of benzene rings is 2. The minimum atomic E-state index is -0.584. The molecule has 0 saturated carbocycles. The molecular weight excluding hydrogens is 372 g/mol. The molecule has 2 aromatic carbocycles. The molecule has 3 aromatic rings. The number of nitrogens with zero attached hydrogens (tertiary/aromatic N) is 1. The highest BCUT2D eigenvalue weighted by Gasteiger charge is 2.25. The number of carbonyl (C=O) groups excluding carboxylic acids is 1. The van der Waals surface area contributed by atoms with Gasteiger partial charge in [-0.25, -0.2) is 14.2 Å². The van der Waals surface area contributed by atoms with Crippen molar-refractivity contribution in [3.63, 3.8) is 0 Å². The Labute approximate surface area is 168 Å². The van der Waals surface area contributed by atoms with Gasteiger partial charge in [0.25, 0.3) is 0 Å². The molecule has 0 bridgehead atoms. The predicted octanol–water partition coefficient (Wildman–Crippen LogP) is 3.42. The summed E-state index contributed by atoms with van der Waals surface area (Å²) in [4.78, 5) is 28.5. The molecule has 0 aliphatic heterocycles. The summed E-state index contributed by atoms with van der Waals surface area (Å²) in [7, 11) is 1.63. The second-order valence-electron chi connectivity index (χ2n) is 6.24. The minimum Gasteiger partial charge on any atom is -0.491 e. The zero-order valence-corrected chi connectivity index (χ0v) is 16.5. The molecule has 1 heterocycles. The van der Waals surface area contributed by atoms with Crippen LogP contribution in [0, 0.1) is 0 Å². The number of rotatable bonds is 9. The van der Waals surface area contributed by atoms with E-state index in [0.717, 1.165) is 0 Å². The number of H-pyrrole nitrogens is 1. The van der Waals surface area contributed by atoms with Crippen LogP contribution in [-0.2, 0) is 9.47 Å². The van der Waals surface area contributed by atoms with Gasteiger partial charge < -0.3 is 19.2 Å². The van der Waals surface area contributed by atoms with Gasteiger partial charge in [-0.3, -0.25) is 0 Å². The Kier molecular flexibility index (Phi) is 6.86. The lowest BCUT2D eigenvalue weighted by Gasteiger charge is -2.14. The van der Waals surface area contributed by atoms with E-state index in [1.165, 1.54) is 4.57 Å². The highest BCUT2D eigenvalue weighted by Crippen LogP contribution is 2.28. The molecule has 0 aliphatic carbocycles. The number of esters is 1. The second kappa shape index (κ2) is 9.75. The Morgan fingerprint density at radius 3 is 2.48 bits per heavy atom. The van der Waals surface area contributed by atoms with Crippen molar-refractivity contribution in [2.75, 3.05) is 26.9 Å². The average molecular weight is 396 g/mol. The molecule has 0 aliphatic rings. The first-order valence-corrected chi connectivity index (χ1v) is 9.46. The zero-order chi connectivity index (χ0) is 20.6. The highest BCUT2D eigenvalue weighted by molar-refractivity contribution is 5.95. The van der Waals surface area contributed by atoms with Gasteiger partial charge in [0.2, 0.25) is 0 Å². The van der Waals surface area contributed by atoms with Gasteiger partial charge in [0.05, 0.1) is 24.6 Å². The predicted molar refractivity (Wildman–Crippen MR) is 110 cm³/mol. The summed E-state index contributed by atoms with van der Waals surface area (Å²) in [6, 6.07) is 16.3. The van der Waals surface area contributed by atoms with E-state index in [-0.39, 0.29) is 12.3 Å². The number of carbonyl (C=O) groups is 1. The first kappa shape index (κ1) is 20.4. The molecule has 0 saturated heterocycles. The molecule has 1 N–H and O–H groups in total. The van der Waals surface area contributed by atoms with Crippen molar-refractivity contribution >= 4 is 5.97 Å². The number of aromatic nitrogens is 2. The Morgan fingerprint density at radius 1 is 1.03 bits per heavy atom. The maximum Gasteiger partial charge on any atom is 0.357 e. The van der Waals surface area contributed by atoms with Crippen LogP contribution in [0.2, 0.25) is 0 Å². The largest absolute Gasteiger partial charge is 0.491 e. The Bertz CT molecular complexity index is 1010. The first-order valence-electron chi connectivity index (χ1n) is 9.46. The summed E-state index contributed by atoms with van der Waals surface area (Å²) in [5.74, 6) is -0.0891. The average Bonchev–Trinajstić information content (AvgIpc) is 3.09. The molecule has 0 unspecified atom stereocenters. The standard InChI is InChI=1S/C22H24N2O5/c1-3-28-21(25)20-19(16-10-5-4-6-11-16)23-22(26)24(20)17-12-7-8-13-18(17)29-15-9-14-27-2/h4-8,10-13H,3,9,14-15H2,1-2H3,(H,23,26). The van der Waals surface area contributed by atoms with Crippen molar-refractivity contribution in [1.82, 2.24) is 9.55 Å². The Morgan fingerprint density at radius 2 is 1.76 bits per heavy atom. The fourth-order valence-electron chi connectivity index (χ4n) is 3.02. The summed E-state index contributed by atoms with van der Waals surface area (Å²) in [6.07, 6.45) is 0.701. The number of imidazole rings is 1. The van der Waals surface area contributed by atoms with E-state index in [1.807, 2.05) is 36.4 Å². The number of nitrogens with one attached hydrogen (secondary N) is 1. The third-order valence-electron chi connectivity index (χ3n) is 4.28. The summed E-state index contributed by atoms with van der Waals surface area (Å²) >= 11 is 0. The van der Waals surface area contributed by atoms with Crippen molar-refractivity contribution in [1.29, 1.82) is 0 Å². The smallest absolute Gasteiger partial charge is 0.357 e. The van der Waals surface area contributed by atoms with Crippen molar-refractivity contribution in [2.24, 2.45) is 0 Å². The SMILES string of the molecule is CCOC(=O)c1c(-c2ccccc2)[nH]c(=O)n1-c1ccccc1OCCCOC. The quantitative estimate of drug-likeness (QED) is 0.443. The third-order valence-corrected chi connectivity index (χ3v) is 4.28. The number of hydrogen-bond donors (Lipinski definition) is 1. The van der Waals surface area contributed by atoms with E-state index in [2.05, 4.69) is 4.98 Å². The van der Waals surface area contributed by atoms with Crippen molar-refractivity contribution in [2.45, 2.75) is 13.3 Å². The molecule has 0 radical (unpaired) electrons. The highest BCUT2D eigenvalue weighted by atomic mass is 16.5. The van der Waals surface area contributed by atoms with E-state index in [4.69, 9.17) is 14.2 Å². The van der Waals surface area contributed by atoms with Gasteiger partial charge in [-0.05, 0) is 19.1 Å². The number of hydrogen-bond acceptors (Lipinski definition) is 5.